The molecule has 0 spiro atoms. The van der Waals surface area contributed by atoms with Crippen molar-refractivity contribution < 1.29 is 68.5 Å². The van der Waals surface area contributed by atoms with Gasteiger partial charge in [0.05, 0.1) is 30.4 Å². The molecule has 0 radical (unpaired) electrons. The standard InChI is InChI=1S/C35H34F8O7/c1-3-4-5-6-8-22(2)49-31(45)26-15-18-29(28(36)21-26)50-30(44)25-11-9-23(10-12-25)24-13-16-27(17-14-24)47-19-7-20-48-32(46)33(37,38)34(39,40)35(41,42)43/h9-18,21-22H,3-8,19-20H2,1-2H3/t22-/m0/s1. The Balaban J connectivity index is 1.47. The molecule has 1 atom stereocenters. The van der Waals surface area contributed by atoms with Gasteiger partial charge in [-0.25, -0.2) is 18.8 Å². The molecule has 0 saturated carbocycles. The molecule has 3 aromatic rings. The third-order valence-corrected chi connectivity index (χ3v) is 7.25. The average molecular weight is 719 g/mol. The fraction of sp³-hybridized carbons (Fsp3) is 0.400. The van der Waals surface area contributed by atoms with Crippen LogP contribution < -0.4 is 9.47 Å². The van der Waals surface area contributed by atoms with E-state index in [0.29, 0.717) is 17.5 Å². The van der Waals surface area contributed by atoms with Crippen LogP contribution in [0.1, 0.15) is 73.1 Å². The Labute approximate surface area is 282 Å². The molecule has 3 aromatic carbocycles. The van der Waals surface area contributed by atoms with Crippen LogP contribution in [0.15, 0.2) is 66.7 Å². The highest BCUT2D eigenvalue weighted by molar-refractivity contribution is 5.92. The molecule has 0 aliphatic carbocycles. The third kappa shape index (κ3) is 10.4. The van der Waals surface area contributed by atoms with Crippen molar-refractivity contribution in [1.29, 1.82) is 0 Å². The van der Waals surface area contributed by atoms with Gasteiger partial charge in [-0.1, -0.05) is 50.5 Å². The molecular formula is C35H34F8O7. The largest absolute Gasteiger partial charge is 0.493 e. The van der Waals surface area contributed by atoms with Crippen LogP contribution in [0.5, 0.6) is 11.5 Å². The normalized spacial score (nSPS) is 12.6. The summed E-state index contributed by atoms with van der Waals surface area (Å²) in [5.41, 5.74) is 1.41. The number of benzene rings is 3. The molecule has 3 rings (SSSR count). The zero-order valence-electron chi connectivity index (χ0n) is 27.0. The predicted octanol–water partition coefficient (Wildman–Crippen LogP) is 9.37. The van der Waals surface area contributed by atoms with E-state index in [4.69, 9.17) is 14.2 Å². The first-order valence-corrected chi connectivity index (χ1v) is 15.5. The summed E-state index contributed by atoms with van der Waals surface area (Å²) < 4.78 is 123. The van der Waals surface area contributed by atoms with Crippen LogP contribution in [-0.4, -0.2) is 55.2 Å². The number of esters is 3. The Morgan fingerprint density at radius 2 is 1.32 bits per heavy atom. The van der Waals surface area contributed by atoms with Gasteiger partial charge in [-0.3, -0.25) is 0 Å². The average Bonchev–Trinajstić information content (AvgIpc) is 3.07. The summed E-state index contributed by atoms with van der Waals surface area (Å²) >= 11 is 0. The molecule has 0 heterocycles. The predicted molar refractivity (Wildman–Crippen MR) is 164 cm³/mol. The first-order valence-electron chi connectivity index (χ1n) is 15.5. The number of unbranched alkanes of at least 4 members (excludes halogenated alkanes) is 3. The van der Waals surface area contributed by atoms with Gasteiger partial charge in [0.25, 0.3) is 0 Å². The number of halogens is 8. The molecule has 0 aliphatic rings. The molecular weight excluding hydrogens is 684 g/mol. The minimum absolute atomic E-state index is 0.0191. The van der Waals surface area contributed by atoms with E-state index in [1.807, 2.05) is 0 Å². The lowest BCUT2D eigenvalue weighted by Crippen LogP contribution is -2.56. The number of carbonyl (C=O) groups excluding carboxylic acids is 3. The maximum Gasteiger partial charge on any atom is 0.460 e. The topological polar surface area (TPSA) is 88.1 Å². The highest BCUT2D eigenvalue weighted by Crippen LogP contribution is 2.47. The molecule has 272 valence electrons. The van der Waals surface area contributed by atoms with Crippen LogP contribution in [0.25, 0.3) is 11.1 Å². The summed E-state index contributed by atoms with van der Waals surface area (Å²) in [6, 6.07) is 15.8. The highest BCUT2D eigenvalue weighted by atomic mass is 19.4. The van der Waals surface area contributed by atoms with Crippen molar-refractivity contribution in [3.05, 3.63) is 83.7 Å². The molecule has 0 unspecified atom stereocenters. The first kappa shape index (κ1) is 39.7. The minimum Gasteiger partial charge on any atom is -0.493 e. The van der Waals surface area contributed by atoms with Crippen LogP contribution >= 0.6 is 0 Å². The smallest absolute Gasteiger partial charge is 0.460 e. The summed E-state index contributed by atoms with van der Waals surface area (Å²) in [7, 11) is 0. The number of carbonyl (C=O) groups is 3. The third-order valence-electron chi connectivity index (χ3n) is 7.25. The fourth-order valence-electron chi connectivity index (χ4n) is 4.39. The van der Waals surface area contributed by atoms with Crippen LogP contribution in [-0.2, 0) is 14.3 Å². The number of hydrogen-bond donors (Lipinski definition) is 0. The van der Waals surface area contributed by atoms with E-state index in [2.05, 4.69) is 11.7 Å². The van der Waals surface area contributed by atoms with Crippen molar-refractivity contribution in [3.63, 3.8) is 0 Å². The van der Waals surface area contributed by atoms with Gasteiger partial charge in [-0.15, -0.1) is 0 Å². The van der Waals surface area contributed by atoms with Crippen molar-refractivity contribution in [2.75, 3.05) is 13.2 Å². The minimum atomic E-state index is -6.65. The Morgan fingerprint density at radius 1 is 0.720 bits per heavy atom. The maximum absolute atomic E-state index is 14.7. The molecule has 0 N–H and O–H groups in total. The Morgan fingerprint density at radius 3 is 1.90 bits per heavy atom. The van der Waals surface area contributed by atoms with E-state index in [0.717, 1.165) is 31.7 Å². The zero-order valence-corrected chi connectivity index (χ0v) is 27.0. The summed E-state index contributed by atoms with van der Waals surface area (Å²) in [4.78, 5) is 36.2. The fourth-order valence-corrected chi connectivity index (χ4v) is 4.39. The Hall–Kier alpha value is -4.69. The summed E-state index contributed by atoms with van der Waals surface area (Å²) in [5, 5.41) is 0. The van der Waals surface area contributed by atoms with Crippen LogP contribution in [0, 0.1) is 5.82 Å². The van der Waals surface area contributed by atoms with Gasteiger partial charge in [0.1, 0.15) is 5.75 Å². The molecule has 0 aliphatic heterocycles. The molecule has 0 fully saturated rings. The summed E-state index contributed by atoms with van der Waals surface area (Å²) in [5.74, 6) is -18.3. The van der Waals surface area contributed by atoms with E-state index in [1.165, 1.54) is 36.4 Å². The Bertz CT molecular complexity index is 1590. The first-order chi connectivity index (χ1) is 23.5. The van der Waals surface area contributed by atoms with Gasteiger partial charge >= 0.3 is 35.9 Å². The van der Waals surface area contributed by atoms with Crippen molar-refractivity contribution in [2.45, 2.75) is 76.5 Å². The number of rotatable bonds is 17. The van der Waals surface area contributed by atoms with Gasteiger partial charge < -0.3 is 18.9 Å². The van der Waals surface area contributed by atoms with Gasteiger partial charge in [0.15, 0.2) is 11.6 Å². The van der Waals surface area contributed by atoms with Crippen molar-refractivity contribution in [3.8, 4) is 22.6 Å². The molecule has 15 heteroatoms. The highest BCUT2D eigenvalue weighted by Gasteiger charge is 2.77. The van der Waals surface area contributed by atoms with Crippen molar-refractivity contribution in [2.24, 2.45) is 0 Å². The lowest BCUT2D eigenvalue weighted by Gasteiger charge is -2.26. The van der Waals surface area contributed by atoms with E-state index in [9.17, 15) is 49.5 Å². The van der Waals surface area contributed by atoms with Crippen molar-refractivity contribution in [1.82, 2.24) is 0 Å². The molecule has 7 nitrogen and oxygen atoms in total. The van der Waals surface area contributed by atoms with Crippen molar-refractivity contribution >= 4 is 17.9 Å². The SMILES string of the molecule is CCCCCC[C@H](C)OC(=O)c1ccc(OC(=O)c2ccc(-c3ccc(OCCCOC(=O)C(F)(F)C(F)(F)C(F)(F)F)cc3)cc2)c(F)c1. The van der Waals surface area contributed by atoms with Crippen LogP contribution in [0.4, 0.5) is 35.1 Å². The molecule has 0 saturated heterocycles. The molecule has 50 heavy (non-hydrogen) atoms. The van der Waals surface area contributed by atoms with Crippen LogP contribution in [0.3, 0.4) is 0 Å². The van der Waals surface area contributed by atoms with E-state index >= 15 is 0 Å². The maximum atomic E-state index is 14.7. The zero-order chi connectivity index (χ0) is 37.1. The number of hydrogen-bond acceptors (Lipinski definition) is 7. The van der Waals surface area contributed by atoms with Gasteiger partial charge in [0, 0.05) is 6.42 Å². The monoisotopic (exact) mass is 718 g/mol. The number of alkyl halides is 7. The molecule has 0 bridgehead atoms. The van der Waals surface area contributed by atoms with Crippen LogP contribution in [0.2, 0.25) is 0 Å². The summed E-state index contributed by atoms with van der Waals surface area (Å²) in [6.45, 7) is 2.71. The second kappa shape index (κ2) is 17.3. The lowest BCUT2D eigenvalue weighted by molar-refractivity contribution is -0.348. The van der Waals surface area contributed by atoms with E-state index in [1.54, 1.807) is 31.2 Å². The lowest BCUT2D eigenvalue weighted by atomic mass is 10.0. The van der Waals surface area contributed by atoms with E-state index in [-0.39, 0.29) is 41.8 Å². The molecule has 0 amide bonds. The van der Waals surface area contributed by atoms with Gasteiger partial charge in [-0.2, -0.15) is 30.7 Å². The quantitative estimate of drug-likeness (QED) is 0.0595. The Kier molecular flexibility index (Phi) is 13.8. The van der Waals surface area contributed by atoms with Gasteiger partial charge in [0.2, 0.25) is 0 Å². The molecule has 0 aromatic heterocycles. The number of ether oxygens (including phenoxy) is 4. The van der Waals surface area contributed by atoms with E-state index < -0.39 is 48.4 Å². The second-order valence-corrected chi connectivity index (χ2v) is 11.2. The summed E-state index contributed by atoms with van der Waals surface area (Å²) in [6.07, 6.45) is -2.47. The second-order valence-electron chi connectivity index (χ2n) is 11.2. The van der Waals surface area contributed by atoms with Gasteiger partial charge in [-0.05, 0) is 73.4 Å².